The molecule has 0 aliphatic heterocycles. The highest BCUT2D eigenvalue weighted by Crippen LogP contribution is 2.17. The Morgan fingerprint density at radius 2 is 1.68 bits per heavy atom. The summed E-state index contributed by atoms with van der Waals surface area (Å²) < 4.78 is 0. The van der Waals surface area contributed by atoms with E-state index in [1.54, 1.807) is 0 Å². The molecule has 0 aliphatic rings. The predicted molar refractivity (Wildman–Crippen MR) is 83.6 cm³/mol. The van der Waals surface area contributed by atoms with Crippen LogP contribution in [0, 0.1) is 18.8 Å². The molecule has 0 fully saturated rings. The van der Waals surface area contributed by atoms with Crippen molar-refractivity contribution in [3.8, 4) is 0 Å². The van der Waals surface area contributed by atoms with Gasteiger partial charge in [-0.1, -0.05) is 33.8 Å². The van der Waals surface area contributed by atoms with Crippen LogP contribution in [-0.2, 0) is 6.54 Å². The van der Waals surface area contributed by atoms with Crippen LogP contribution in [0.25, 0.3) is 0 Å². The van der Waals surface area contributed by atoms with Gasteiger partial charge in [-0.15, -0.1) is 0 Å². The summed E-state index contributed by atoms with van der Waals surface area (Å²) in [6.45, 7) is 14.1. The zero-order valence-electron chi connectivity index (χ0n) is 13.3. The van der Waals surface area contributed by atoms with Crippen molar-refractivity contribution in [2.24, 2.45) is 11.8 Å². The van der Waals surface area contributed by atoms with Gasteiger partial charge < -0.3 is 10.2 Å². The topological polar surface area (TPSA) is 28.2 Å². The van der Waals surface area contributed by atoms with Crippen LogP contribution < -0.4 is 10.2 Å². The van der Waals surface area contributed by atoms with Crippen LogP contribution in [0.15, 0.2) is 12.1 Å². The normalized spacial score (nSPS) is 11.4. The molecule has 19 heavy (non-hydrogen) atoms. The molecule has 1 N–H and O–H groups in total. The Balaban J connectivity index is 2.92. The van der Waals surface area contributed by atoms with E-state index in [1.165, 1.54) is 5.56 Å². The van der Waals surface area contributed by atoms with Crippen LogP contribution in [0.5, 0.6) is 0 Å². The fraction of sp³-hybridized carbons (Fsp3) is 0.688. The monoisotopic (exact) mass is 263 g/mol. The Kier molecular flexibility index (Phi) is 6.29. The molecule has 0 bridgehead atoms. The average molecular weight is 263 g/mol. The number of nitrogens with one attached hydrogen (secondary N) is 1. The Hall–Kier alpha value is -1.09. The molecule has 1 rings (SSSR count). The van der Waals surface area contributed by atoms with Gasteiger partial charge in [0.25, 0.3) is 0 Å². The van der Waals surface area contributed by atoms with Crippen LogP contribution in [0.2, 0.25) is 0 Å². The van der Waals surface area contributed by atoms with Gasteiger partial charge in [-0.2, -0.15) is 0 Å². The molecule has 0 unspecified atom stereocenters. The summed E-state index contributed by atoms with van der Waals surface area (Å²) in [5, 5.41) is 3.18. The van der Waals surface area contributed by atoms with E-state index >= 15 is 0 Å². The van der Waals surface area contributed by atoms with Crippen LogP contribution in [0.1, 0.15) is 39.0 Å². The lowest BCUT2D eigenvalue weighted by molar-refractivity contribution is 0.548. The lowest BCUT2D eigenvalue weighted by atomic mass is 10.1. The molecule has 0 atom stereocenters. The van der Waals surface area contributed by atoms with Gasteiger partial charge in [-0.05, 0) is 37.4 Å². The van der Waals surface area contributed by atoms with Gasteiger partial charge in [0.05, 0.1) is 0 Å². The third-order valence-corrected chi connectivity index (χ3v) is 3.04. The van der Waals surface area contributed by atoms with Gasteiger partial charge in [0.2, 0.25) is 0 Å². The van der Waals surface area contributed by atoms with E-state index in [4.69, 9.17) is 4.98 Å². The van der Waals surface area contributed by atoms with Crippen molar-refractivity contribution in [1.82, 2.24) is 10.3 Å². The molecule has 1 heterocycles. The minimum absolute atomic E-state index is 0.651. The van der Waals surface area contributed by atoms with Gasteiger partial charge in [0, 0.05) is 25.3 Å². The van der Waals surface area contributed by atoms with Crippen molar-refractivity contribution in [3.63, 3.8) is 0 Å². The minimum Gasteiger partial charge on any atom is -0.356 e. The number of rotatable bonds is 7. The third kappa shape index (κ3) is 5.19. The summed E-state index contributed by atoms with van der Waals surface area (Å²) in [4.78, 5) is 7.19. The van der Waals surface area contributed by atoms with E-state index in [9.17, 15) is 0 Å². The number of aryl methyl sites for hydroxylation is 1. The molecule has 3 nitrogen and oxygen atoms in total. The number of anilines is 1. The highest BCUT2D eigenvalue weighted by Gasteiger charge is 2.12. The van der Waals surface area contributed by atoms with Crippen LogP contribution in [0.4, 0.5) is 5.82 Å². The van der Waals surface area contributed by atoms with E-state index in [-0.39, 0.29) is 0 Å². The number of hydrogen-bond acceptors (Lipinski definition) is 3. The summed E-state index contributed by atoms with van der Waals surface area (Å²) in [6.07, 6.45) is 0. The lowest BCUT2D eigenvalue weighted by Crippen LogP contribution is -2.32. The van der Waals surface area contributed by atoms with Crippen LogP contribution in [0.3, 0.4) is 0 Å². The molecule has 0 radical (unpaired) electrons. The number of nitrogens with zero attached hydrogens (tertiary/aromatic N) is 2. The first-order valence-electron chi connectivity index (χ1n) is 7.30. The molecule has 1 aromatic heterocycles. The van der Waals surface area contributed by atoms with Crippen molar-refractivity contribution in [1.29, 1.82) is 0 Å². The van der Waals surface area contributed by atoms with Crippen LogP contribution in [-0.4, -0.2) is 25.1 Å². The number of pyridine rings is 1. The van der Waals surface area contributed by atoms with Gasteiger partial charge >= 0.3 is 0 Å². The maximum atomic E-state index is 4.78. The van der Waals surface area contributed by atoms with Gasteiger partial charge in [-0.3, -0.25) is 0 Å². The van der Waals surface area contributed by atoms with Gasteiger partial charge in [0.15, 0.2) is 0 Å². The fourth-order valence-electron chi connectivity index (χ4n) is 2.27. The fourth-order valence-corrected chi connectivity index (χ4v) is 2.27. The smallest absolute Gasteiger partial charge is 0.128 e. The van der Waals surface area contributed by atoms with E-state index in [0.717, 1.165) is 31.1 Å². The Morgan fingerprint density at radius 1 is 1.11 bits per heavy atom. The van der Waals surface area contributed by atoms with E-state index in [1.807, 2.05) is 7.05 Å². The van der Waals surface area contributed by atoms with E-state index in [2.05, 4.69) is 57.0 Å². The first kappa shape index (κ1) is 16.0. The van der Waals surface area contributed by atoms with Crippen molar-refractivity contribution in [2.75, 3.05) is 25.0 Å². The SMILES string of the molecule is CNCc1ccc(N(CC(C)C)CC(C)C)nc1C. The van der Waals surface area contributed by atoms with E-state index < -0.39 is 0 Å². The first-order valence-corrected chi connectivity index (χ1v) is 7.30. The largest absolute Gasteiger partial charge is 0.356 e. The highest BCUT2D eigenvalue weighted by molar-refractivity contribution is 5.41. The maximum absolute atomic E-state index is 4.78. The molecule has 0 amide bonds. The zero-order valence-corrected chi connectivity index (χ0v) is 13.3. The van der Waals surface area contributed by atoms with Gasteiger partial charge in [-0.25, -0.2) is 4.98 Å². The number of hydrogen-bond donors (Lipinski definition) is 1. The third-order valence-electron chi connectivity index (χ3n) is 3.04. The molecule has 0 aromatic carbocycles. The Morgan fingerprint density at radius 3 is 2.11 bits per heavy atom. The zero-order chi connectivity index (χ0) is 14.4. The molecule has 0 spiro atoms. The average Bonchev–Trinajstić information content (AvgIpc) is 2.30. The van der Waals surface area contributed by atoms with Crippen molar-refractivity contribution in [3.05, 3.63) is 23.4 Å². The summed E-state index contributed by atoms with van der Waals surface area (Å²) in [5.74, 6) is 2.41. The number of aromatic nitrogens is 1. The van der Waals surface area contributed by atoms with Crippen molar-refractivity contribution < 1.29 is 0 Å². The van der Waals surface area contributed by atoms with Crippen molar-refractivity contribution in [2.45, 2.75) is 41.2 Å². The van der Waals surface area contributed by atoms with Crippen molar-refractivity contribution >= 4 is 5.82 Å². The molecule has 108 valence electrons. The molecule has 0 saturated heterocycles. The Labute approximate surface area is 118 Å². The summed E-state index contributed by atoms with van der Waals surface area (Å²) in [5.41, 5.74) is 2.41. The molecular formula is C16H29N3. The molecule has 3 heteroatoms. The summed E-state index contributed by atoms with van der Waals surface area (Å²) in [6, 6.07) is 4.35. The lowest BCUT2D eigenvalue weighted by Gasteiger charge is -2.28. The molecule has 0 aliphatic carbocycles. The minimum atomic E-state index is 0.651. The standard InChI is InChI=1S/C16H29N3/c1-12(2)10-19(11-13(3)4)16-8-7-15(9-17-6)14(5)18-16/h7-8,12-13,17H,9-11H2,1-6H3. The molecule has 1 aromatic rings. The second kappa shape index (κ2) is 7.49. The second-order valence-corrected chi connectivity index (χ2v) is 6.14. The van der Waals surface area contributed by atoms with Crippen LogP contribution >= 0.6 is 0 Å². The van der Waals surface area contributed by atoms with Gasteiger partial charge in [0.1, 0.15) is 5.82 Å². The second-order valence-electron chi connectivity index (χ2n) is 6.14. The quantitative estimate of drug-likeness (QED) is 0.818. The maximum Gasteiger partial charge on any atom is 0.128 e. The predicted octanol–water partition coefficient (Wildman–Crippen LogP) is 3.23. The Bertz CT molecular complexity index is 376. The highest BCUT2D eigenvalue weighted by atomic mass is 15.2. The van der Waals surface area contributed by atoms with E-state index in [0.29, 0.717) is 11.8 Å². The molecular weight excluding hydrogens is 234 g/mol. The first-order chi connectivity index (χ1) is 8.93. The molecule has 0 saturated carbocycles. The summed E-state index contributed by atoms with van der Waals surface area (Å²) in [7, 11) is 1.97. The summed E-state index contributed by atoms with van der Waals surface area (Å²) >= 11 is 0.